The molecule has 6 aromatic rings. The number of benzene rings is 2. The molecule has 10 nitrogen and oxygen atoms in total. The Labute approximate surface area is 235 Å². The van der Waals surface area contributed by atoms with Crippen molar-refractivity contribution in [2.24, 2.45) is 0 Å². The second-order valence-electron chi connectivity index (χ2n) is 9.84. The Morgan fingerprint density at radius 2 is 1.39 bits per heavy atom. The number of pyridine rings is 1. The molecule has 11 heteroatoms. The van der Waals surface area contributed by atoms with Crippen LogP contribution in [0.4, 0.5) is 4.39 Å². The molecule has 208 valence electrons. The lowest BCUT2D eigenvalue weighted by molar-refractivity contribution is 0.0945. The van der Waals surface area contributed by atoms with Crippen molar-refractivity contribution >= 4 is 28.0 Å². The molecular formula is C30H30FN9O. The summed E-state index contributed by atoms with van der Waals surface area (Å²) in [6.45, 7) is 2.31. The first-order valence-electron chi connectivity index (χ1n) is 13.6. The molecule has 0 bridgehead atoms. The second-order valence-corrected chi connectivity index (χ2v) is 9.84. The summed E-state index contributed by atoms with van der Waals surface area (Å²) >= 11 is 0. The molecule has 0 saturated heterocycles. The summed E-state index contributed by atoms with van der Waals surface area (Å²) in [4.78, 5) is 42.7. The number of aromatic nitrogens is 7. The van der Waals surface area contributed by atoms with Crippen LogP contribution in [0.3, 0.4) is 0 Å². The van der Waals surface area contributed by atoms with Crippen LogP contribution in [0.2, 0.25) is 0 Å². The summed E-state index contributed by atoms with van der Waals surface area (Å²) < 4.78 is 13.8. The summed E-state index contributed by atoms with van der Waals surface area (Å²) in [6, 6.07) is 18.9. The third-order valence-electron chi connectivity index (χ3n) is 6.99. The van der Waals surface area contributed by atoms with Crippen molar-refractivity contribution in [1.82, 2.24) is 45.1 Å². The third kappa shape index (κ3) is 6.47. The van der Waals surface area contributed by atoms with Crippen LogP contribution in [0.1, 0.15) is 33.7 Å². The smallest absolute Gasteiger partial charge is 0.271 e. The van der Waals surface area contributed by atoms with Crippen molar-refractivity contribution in [3.05, 3.63) is 108 Å². The molecule has 41 heavy (non-hydrogen) atoms. The highest BCUT2D eigenvalue weighted by Gasteiger charge is 2.14. The maximum absolute atomic E-state index is 13.8. The fourth-order valence-corrected chi connectivity index (χ4v) is 4.78. The van der Waals surface area contributed by atoms with Gasteiger partial charge < -0.3 is 25.2 Å². The van der Waals surface area contributed by atoms with Gasteiger partial charge in [-0.15, -0.1) is 0 Å². The zero-order valence-electron chi connectivity index (χ0n) is 22.4. The van der Waals surface area contributed by atoms with Gasteiger partial charge in [0.15, 0.2) is 0 Å². The quantitative estimate of drug-likeness (QED) is 0.182. The average molecular weight is 552 g/mol. The van der Waals surface area contributed by atoms with Gasteiger partial charge in [0.1, 0.15) is 29.0 Å². The summed E-state index contributed by atoms with van der Waals surface area (Å²) in [5, 5.41) is 2.68. The number of imidazole rings is 3. The van der Waals surface area contributed by atoms with Gasteiger partial charge in [-0.05, 0) is 36.4 Å². The molecule has 4 aromatic heterocycles. The maximum Gasteiger partial charge on any atom is 0.271 e. The number of nitrogens with one attached hydrogen (secondary N) is 4. The Hall–Kier alpha value is -4.90. The molecule has 4 N–H and O–H groups in total. The van der Waals surface area contributed by atoms with Gasteiger partial charge in [-0.2, -0.15) is 0 Å². The molecule has 6 rings (SSSR count). The van der Waals surface area contributed by atoms with Crippen LogP contribution in [-0.2, 0) is 25.8 Å². The Morgan fingerprint density at radius 3 is 2.00 bits per heavy atom. The highest BCUT2D eigenvalue weighted by molar-refractivity contribution is 5.92. The molecule has 0 atom stereocenters. The monoisotopic (exact) mass is 551 g/mol. The minimum atomic E-state index is -0.457. The second kappa shape index (κ2) is 12.1. The predicted octanol–water partition coefficient (Wildman–Crippen LogP) is 3.96. The van der Waals surface area contributed by atoms with Gasteiger partial charge >= 0.3 is 0 Å². The number of carbonyl (C=O) groups excluding carboxylic acids is 1. The van der Waals surface area contributed by atoms with Crippen molar-refractivity contribution in [1.29, 1.82) is 0 Å². The topological polar surface area (TPSA) is 131 Å². The van der Waals surface area contributed by atoms with E-state index < -0.39 is 5.82 Å². The molecule has 4 heterocycles. The minimum Gasteiger partial charge on any atom is -0.348 e. The zero-order chi connectivity index (χ0) is 28.0. The first-order chi connectivity index (χ1) is 20.1. The summed E-state index contributed by atoms with van der Waals surface area (Å²) in [5.41, 5.74) is 4.42. The lowest BCUT2D eigenvalue weighted by atomic mass is 10.2. The van der Waals surface area contributed by atoms with E-state index >= 15 is 0 Å². The van der Waals surface area contributed by atoms with Crippen LogP contribution in [0.15, 0.2) is 73.1 Å². The van der Waals surface area contributed by atoms with Crippen molar-refractivity contribution < 1.29 is 9.18 Å². The van der Waals surface area contributed by atoms with E-state index in [-0.39, 0.29) is 23.8 Å². The lowest BCUT2D eigenvalue weighted by Gasteiger charge is -2.21. The van der Waals surface area contributed by atoms with Crippen LogP contribution >= 0.6 is 0 Å². The molecule has 0 fully saturated rings. The van der Waals surface area contributed by atoms with Gasteiger partial charge in [0.05, 0.1) is 34.3 Å². The highest BCUT2D eigenvalue weighted by Crippen LogP contribution is 2.13. The number of rotatable bonds is 12. The van der Waals surface area contributed by atoms with Crippen LogP contribution in [0.5, 0.6) is 0 Å². The van der Waals surface area contributed by atoms with Gasteiger partial charge in [0, 0.05) is 51.3 Å². The molecule has 0 radical (unpaired) electrons. The SMILES string of the molecule is O=C(NCc1ncccc1F)c1c[nH]c(CCN(CCc2nc3ccccc3[nH]2)CCc2nc3ccccc3[nH]2)n1. The number of aromatic amines is 3. The van der Waals surface area contributed by atoms with Gasteiger partial charge in [-0.25, -0.2) is 19.3 Å². The summed E-state index contributed by atoms with van der Waals surface area (Å²) in [5.74, 6) is 1.75. The van der Waals surface area contributed by atoms with Crippen LogP contribution in [0, 0.1) is 5.82 Å². The normalized spacial score (nSPS) is 11.6. The fraction of sp³-hybridized carbons (Fsp3) is 0.233. The number of fused-ring (bicyclic) bond motifs is 2. The number of carbonyl (C=O) groups is 1. The fourth-order valence-electron chi connectivity index (χ4n) is 4.78. The average Bonchev–Trinajstić information content (AvgIpc) is 3.74. The van der Waals surface area contributed by atoms with E-state index in [0.29, 0.717) is 12.2 Å². The van der Waals surface area contributed by atoms with Crippen molar-refractivity contribution in [3.8, 4) is 0 Å². The molecule has 0 saturated carbocycles. The van der Waals surface area contributed by atoms with E-state index in [2.05, 4.69) is 35.1 Å². The Balaban J connectivity index is 1.08. The molecule has 1 amide bonds. The molecular weight excluding hydrogens is 521 g/mol. The first kappa shape index (κ1) is 26.3. The van der Waals surface area contributed by atoms with E-state index in [1.165, 1.54) is 18.3 Å². The largest absolute Gasteiger partial charge is 0.348 e. The van der Waals surface area contributed by atoms with E-state index in [9.17, 15) is 9.18 Å². The maximum atomic E-state index is 13.8. The van der Waals surface area contributed by atoms with E-state index in [0.717, 1.165) is 66.2 Å². The molecule has 0 spiro atoms. The molecule has 0 aliphatic carbocycles. The molecule has 0 aliphatic heterocycles. The Bertz CT molecular complexity index is 1630. The molecule has 0 aliphatic rings. The Morgan fingerprint density at radius 1 is 0.780 bits per heavy atom. The van der Waals surface area contributed by atoms with Gasteiger partial charge in [0.25, 0.3) is 5.91 Å². The third-order valence-corrected chi connectivity index (χ3v) is 6.99. The minimum absolute atomic E-state index is 0.00887. The van der Waals surface area contributed by atoms with Crippen LogP contribution < -0.4 is 5.32 Å². The van der Waals surface area contributed by atoms with Gasteiger partial charge in [-0.3, -0.25) is 9.78 Å². The first-order valence-corrected chi connectivity index (χ1v) is 13.6. The predicted molar refractivity (Wildman–Crippen MR) is 154 cm³/mol. The Kier molecular flexibility index (Phi) is 7.76. The van der Waals surface area contributed by atoms with Crippen molar-refractivity contribution in [2.45, 2.75) is 25.8 Å². The number of hydrogen-bond acceptors (Lipinski definition) is 6. The standard InChI is InChI=1S/C30H30FN9O/c31-20-6-5-14-32-25(20)18-34-30(41)26-19-33-27(39-26)11-15-40(16-12-28-35-21-7-1-2-8-22(21)36-28)17-13-29-37-23-9-3-4-10-24(23)38-29/h1-10,14,19H,11-13,15-18H2,(H,33,39)(H,34,41)(H,35,36)(H,37,38). The van der Waals surface area contributed by atoms with Crippen molar-refractivity contribution in [3.63, 3.8) is 0 Å². The van der Waals surface area contributed by atoms with E-state index in [4.69, 9.17) is 9.97 Å². The highest BCUT2D eigenvalue weighted by atomic mass is 19.1. The zero-order valence-corrected chi connectivity index (χ0v) is 22.4. The van der Waals surface area contributed by atoms with Crippen LogP contribution in [0.25, 0.3) is 22.1 Å². The number of H-pyrrole nitrogens is 3. The molecule has 2 aromatic carbocycles. The van der Waals surface area contributed by atoms with E-state index in [1.54, 1.807) is 6.20 Å². The van der Waals surface area contributed by atoms with Crippen molar-refractivity contribution in [2.75, 3.05) is 19.6 Å². The van der Waals surface area contributed by atoms with Crippen LogP contribution in [-0.4, -0.2) is 65.3 Å². The number of amides is 1. The van der Waals surface area contributed by atoms with E-state index in [1.807, 2.05) is 48.5 Å². The lowest BCUT2D eigenvalue weighted by Crippen LogP contribution is -2.31. The molecule has 0 unspecified atom stereocenters. The number of halogens is 1. The number of para-hydroxylation sites is 4. The number of hydrogen-bond donors (Lipinski definition) is 4. The summed E-state index contributed by atoms with van der Waals surface area (Å²) in [7, 11) is 0. The van der Waals surface area contributed by atoms with Gasteiger partial charge in [-0.1, -0.05) is 24.3 Å². The number of nitrogens with zero attached hydrogens (tertiary/aromatic N) is 5. The van der Waals surface area contributed by atoms with Gasteiger partial charge in [0.2, 0.25) is 0 Å². The summed E-state index contributed by atoms with van der Waals surface area (Å²) in [6.07, 6.45) is 5.23.